The number of nitrogens with one attached hydrogen (secondary N) is 1. The van der Waals surface area contributed by atoms with Crippen molar-refractivity contribution in [3.05, 3.63) is 23.4 Å². The first-order valence-electron chi connectivity index (χ1n) is 6.76. The van der Waals surface area contributed by atoms with Crippen LogP contribution in [0.5, 0.6) is 0 Å². The summed E-state index contributed by atoms with van der Waals surface area (Å²) in [6, 6.07) is 6.39. The van der Waals surface area contributed by atoms with Gasteiger partial charge in [-0.2, -0.15) is 5.26 Å². The molecule has 1 aliphatic rings. The lowest BCUT2D eigenvalue weighted by molar-refractivity contribution is 0.253. The third kappa shape index (κ3) is 2.64. The van der Waals surface area contributed by atoms with E-state index in [1.165, 1.54) is 19.3 Å². The van der Waals surface area contributed by atoms with Crippen LogP contribution in [0.15, 0.2) is 12.1 Å². The summed E-state index contributed by atoms with van der Waals surface area (Å²) in [5.74, 6) is 2.13. The van der Waals surface area contributed by atoms with Crippen molar-refractivity contribution in [2.24, 2.45) is 11.8 Å². The third-order valence-corrected chi connectivity index (χ3v) is 4.18. The molecule has 0 amide bonds. The molecule has 96 valence electrons. The molecule has 1 N–H and O–H groups in total. The van der Waals surface area contributed by atoms with Gasteiger partial charge in [-0.3, -0.25) is 0 Å². The summed E-state index contributed by atoms with van der Waals surface area (Å²) in [4.78, 5) is 4.46. The van der Waals surface area contributed by atoms with Crippen LogP contribution in [0, 0.1) is 30.1 Å². The standard InChI is InChI=1S/C15H21N3/c1-10-5-4-6-14(12(10)3)18-15-13(9-16)8-7-11(2)17-15/h7-8,10,12,14H,4-6H2,1-3H3,(H,17,18). The van der Waals surface area contributed by atoms with E-state index in [0.29, 0.717) is 17.5 Å². The van der Waals surface area contributed by atoms with Gasteiger partial charge in [0.05, 0.1) is 5.56 Å². The van der Waals surface area contributed by atoms with E-state index in [1.807, 2.05) is 19.1 Å². The molecule has 3 atom stereocenters. The number of pyridine rings is 1. The number of hydrogen-bond acceptors (Lipinski definition) is 3. The van der Waals surface area contributed by atoms with Crippen molar-refractivity contribution >= 4 is 5.82 Å². The second-order valence-corrected chi connectivity index (χ2v) is 5.48. The van der Waals surface area contributed by atoms with Gasteiger partial charge in [0.25, 0.3) is 0 Å². The fourth-order valence-electron chi connectivity index (χ4n) is 2.72. The summed E-state index contributed by atoms with van der Waals surface area (Å²) in [6.07, 6.45) is 3.74. The van der Waals surface area contributed by atoms with E-state index in [0.717, 1.165) is 17.4 Å². The summed E-state index contributed by atoms with van der Waals surface area (Å²) >= 11 is 0. The topological polar surface area (TPSA) is 48.7 Å². The van der Waals surface area contributed by atoms with Crippen LogP contribution in [0.2, 0.25) is 0 Å². The monoisotopic (exact) mass is 243 g/mol. The first-order valence-corrected chi connectivity index (χ1v) is 6.76. The minimum atomic E-state index is 0.440. The van der Waals surface area contributed by atoms with E-state index in [-0.39, 0.29) is 0 Å². The lowest BCUT2D eigenvalue weighted by atomic mass is 9.78. The quantitative estimate of drug-likeness (QED) is 0.864. The summed E-state index contributed by atoms with van der Waals surface area (Å²) in [5.41, 5.74) is 1.60. The predicted molar refractivity (Wildman–Crippen MR) is 73.3 cm³/mol. The van der Waals surface area contributed by atoms with Gasteiger partial charge in [0.2, 0.25) is 0 Å². The summed E-state index contributed by atoms with van der Waals surface area (Å²) in [7, 11) is 0. The molecule has 1 aromatic heterocycles. The highest BCUT2D eigenvalue weighted by Gasteiger charge is 2.27. The Kier molecular flexibility index (Phi) is 3.86. The van der Waals surface area contributed by atoms with Gasteiger partial charge in [-0.1, -0.05) is 26.7 Å². The molecular formula is C15H21N3. The summed E-state index contributed by atoms with van der Waals surface area (Å²) in [5, 5.41) is 12.6. The first kappa shape index (κ1) is 12.9. The Bertz CT molecular complexity index is 461. The number of aromatic nitrogens is 1. The molecule has 0 saturated heterocycles. The van der Waals surface area contributed by atoms with E-state index in [2.05, 4.69) is 30.2 Å². The SMILES string of the molecule is Cc1ccc(C#N)c(NC2CCCC(C)C2C)n1. The predicted octanol–water partition coefficient (Wildman–Crippen LogP) is 3.50. The first-order chi connectivity index (χ1) is 8.61. The molecule has 1 saturated carbocycles. The van der Waals surface area contributed by atoms with E-state index >= 15 is 0 Å². The summed E-state index contributed by atoms with van der Waals surface area (Å²) in [6.45, 7) is 6.57. The number of hydrogen-bond donors (Lipinski definition) is 1. The second-order valence-electron chi connectivity index (χ2n) is 5.48. The van der Waals surface area contributed by atoms with E-state index in [1.54, 1.807) is 0 Å². The van der Waals surface area contributed by atoms with Crippen LogP contribution in [0.3, 0.4) is 0 Å². The molecular weight excluding hydrogens is 222 g/mol. The molecule has 1 aliphatic carbocycles. The molecule has 3 unspecified atom stereocenters. The minimum absolute atomic E-state index is 0.440. The van der Waals surface area contributed by atoms with E-state index in [9.17, 15) is 0 Å². The Morgan fingerprint density at radius 1 is 1.33 bits per heavy atom. The van der Waals surface area contributed by atoms with Crippen molar-refractivity contribution in [2.45, 2.75) is 46.1 Å². The van der Waals surface area contributed by atoms with Gasteiger partial charge < -0.3 is 5.32 Å². The minimum Gasteiger partial charge on any atom is -0.366 e. The van der Waals surface area contributed by atoms with Gasteiger partial charge in [-0.05, 0) is 37.3 Å². The average Bonchev–Trinajstić information content (AvgIpc) is 2.35. The Morgan fingerprint density at radius 3 is 2.83 bits per heavy atom. The number of aryl methyl sites for hydroxylation is 1. The number of nitrogens with zero attached hydrogens (tertiary/aromatic N) is 2. The Hall–Kier alpha value is -1.56. The molecule has 1 fully saturated rings. The van der Waals surface area contributed by atoms with Gasteiger partial charge in [0.15, 0.2) is 0 Å². The fraction of sp³-hybridized carbons (Fsp3) is 0.600. The average molecular weight is 243 g/mol. The van der Waals surface area contributed by atoms with Gasteiger partial charge in [0.1, 0.15) is 11.9 Å². The number of nitriles is 1. The molecule has 1 heterocycles. The Labute approximate surface area is 109 Å². The molecule has 0 bridgehead atoms. The maximum Gasteiger partial charge on any atom is 0.144 e. The van der Waals surface area contributed by atoms with Crippen LogP contribution < -0.4 is 5.32 Å². The van der Waals surface area contributed by atoms with Gasteiger partial charge in [-0.15, -0.1) is 0 Å². The molecule has 0 aromatic carbocycles. The lowest BCUT2D eigenvalue weighted by Crippen LogP contribution is -2.35. The van der Waals surface area contributed by atoms with Crippen molar-refractivity contribution in [2.75, 3.05) is 5.32 Å². The molecule has 3 nitrogen and oxygen atoms in total. The molecule has 0 spiro atoms. The van der Waals surface area contributed by atoms with Crippen LogP contribution in [0.1, 0.15) is 44.4 Å². The van der Waals surface area contributed by atoms with Crippen molar-refractivity contribution in [3.63, 3.8) is 0 Å². The molecule has 2 rings (SSSR count). The molecule has 18 heavy (non-hydrogen) atoms. The fourth-order valence-corrected chi connectivity index (χ4v) is 2.72. The Balaban J connectivity index is 2.18. The largest absolute Gasteiger partial charge is 0.366 e. The highest BCUT2D eigenvalue weighted by molar-refractivity contribution is 5.52. The zero-order valence-electron chi connectivity index (χ0n) is 11.4. The van der Waals surface area contributed by atoms with Crippen LogP contribution in [0.4, 0.5) is 5.82 Å². The van der Waals surface area contributed by atoms with Crippen molar-refractivity contribution < 1.29 is 0 Å². The normalized spacial score (nSPS) is 27.6. The zero-order chi connectivity index (χ0) is 13.1. The van der Waals surface area contributed by atoms with Gasteiger partial charge in [-0.25, -0.2) is 4.98 Å². The van der Waals surface area contributed by atoms with Gasteiger partial charge in [0, 0.05) is 11.7 Å². The van der Waals surface area contributed by atoms with Gasteiger partial charge >= 0.3 is 0 Å². The van der Waals surface area contributed by atoms with Crippen molar-refractivity contribution in [1.82, 2.24) is 4.98 Å². The number of rotatable bonds is 2. The maximum absolute atomic E-state index is 9.13. The highest BCUT2D eigenvalue weighted by atomic mass is 15.0. The number of anilines is 1. The Morgan fingerprint density at radius 2 is 2.11 bits per heavy atom. The maximum atomic E-state index is 9.13. The summed E-state index contributed by atoms with van der Waals surface area (Å²) < 4.78 is 0. The van der Waals surface area contributed by atoms with Crippen LogP contribution in [-0.4, -0.2) is 11.0 Å². The highest BCUT2D eigenvalue weighted by Crippen LogP contribution is 2.31. The van der Waals surface area contributed by atoms with E-state index in [4.69, 9.17) is 5.26 Å². The van der Waals surface area contributed by atoms with Crippen LogP contribution in [-0.2, 0) is 0 Å². The zero-order valence-corrected chi connectivity index (χ0v) is 11.4. The molecule has 1 aromatic rings. The molecule has 3 heteroatoms. The van der Waals surface area contributed by atoms with E-state index < -0.39 is 0 Å². The lowest BCUT2D eigenvalue weighted by Gasteiger charge is -2.35. The molecule has 0 radical (unpaired) electrons. The van der Waals surface area contributed by atoms with Crippen LogP contribution >= 0.6 is 0 Å². The second kappa shape index (κ2) is 5.39. The molecule has 0 aliphatic heterocycles. The third-order valence-electron chi connectivity index (χ3n) is 4.18. The van der Waals surface area contributed by atoms with Crippen molar-refractivity contribution in [3.8, 4) is 6.07 Å². The van der Waals surface area contributed by atoms with Crippen LogP contribution in [0.25, 0.3) is 0 Å². The smallest absolute Gasteiger partial charge is 0.144 e. The van der Waals surface area contributed by atoms with Crippen molar-refractivity contribution in [1.29, 1.82) is 5.26 Å².